The summed E-state index contributed by atoms with van der Waals surface area (Å²) in [6.07, 6.45) is 18.3. The van der Waals surface area contributed by atoms with E-state index in [0.717, 1.165) is 6.54 Å². The van der Waals surface area contributed by atoms with Crippen LogP contribution >= 0.6 is 0 Å². The van der Waals surface area contributed by atoms with Crippen LogP contribution in [0.5, 0.6) is 0 Å². The monoisotopic (exact) mass is 225 g/mol. The predicted molar refractivity (Wildman–Crippen MR) is 74.7 cm³/mol. The van der Waals surface area contributed by atoms with Crippen molar-refractivity contribution >= 4 is 0 Å². The Balaban J connectivity index is 2.88. The van der Waals surface area contributed by atoms with E-state index in [0.29, 0.717) is 0 Å². The molecule has 96 valence electrons. The van der Waals surface area contributed by atoms with Gasteiger partial charge in [0.25, 0.3) is 0 Å². The first-order valence-electron chi connectivity index (χ1n) is 7.26. The maximum Gasteiger partial charge on any atom is 0.0141 e. The molecule has 0 aliphatic rings. The van der Waals surface area contributed by atoms with E-state index in [4.69, 9.17) is 0 Å². The van der Waals surface area contributed by atoms with Gasteiger partial charge < -0.3 is 5.32 Å². The molecule has 0 aliphatic carbocycles. The van der Waals surface area contributed by atoms with E-state index in [2.05, 4.69) is 18.3 Å². The van der Waals surface area contributed by atoms with Crippen LogP contribution in [0, 0.1) is 0 Å². The lowest BCUT2D eigenvalue weighted by Gasteiger charge is -2.02. The molecule has 0 radical (unpaired) electrons. The van der Waals surface area contributed by atoms with Crippen LogP contribution < -0.4 is 5.32 Å². The Kier molecular flexibility index (Phi) is 14.1. The van der Waals surface area contributed by atoms with Crippen LogP contribution in [-0.4, -0.2) is 6.54 Å². The Hall–Kier alpha value is -0.460. The lowest BCUT2D eigenvalue weighted by Crippen LogP contribution is -2.05. The van der Waals surface area contributed by atoms with Gasteiger partial charge in [-0.05, 0) is 19.5 Å². The molecule has 0 spiro atoms. The fourth-order valence-corrected chi connectivity index (χ4v) is 1.92. The summed E-state index contributed by atoms with van der Waals surface area (Å²) in [7, 11) is 0. The van der Waals surface area contributed by atoms with Crippen molar-refractivity contribution in [2.24, 2.45) is 0 Å². The second-order valence-corrected chi connectivity index (χ2v) is 4.64. The van der Waals surface area contributed by atoms with Gasteiger partial charge in [-0.1, -0.05) is 70.8 Å². The van der Waals surface area contributed by atoms with Crippen LogP contribution in [-0.2, 0) is 0 Å². The summed E-state index contributed by atoms with van der Waals surface area (Å²) >= 11 is 0. The van der Waals surface area contributed by atoms with E-state index in [1.54, 1.807) is 0 Å². The predicted octanol–water partition coefficient (Wildman–Crippen LogP) is 5.03. The zero-order valence-corrected chi connectivity index (χ0v) is 11.4. The first-order valence-corrected chi connectivity index (χ1v) is 7.26. The molecule has 0 aliphatic heterocycles. The van der Waals surface area contributed by atoms with Gasteiger partial charge in [-0.2, -0.15) is 0 Å². The van der Waals surface area contributed by atoms with E-state index in [1.807, 2.05) is 13.1 Å². The molecule has 0 fully saturated rings. The summed E-state index contributed by atoms with van der Waals surface area (Å²) in [4.78, 5) is 0. The SMILES string of the molecule is C/C=C/NCCCCCCCCCCCC. The molecule has 1 heteroatoms. The van der Waals surface area contributed by atoms with E-state index in [-0.39, 0.29) is 0 Å². The lowest BCUT2D eigenvalue weighted by molar-refractivity contribution is 0.553. The summed E-state index contributed by atoms with van der Waals surface area (Å²) < 4.78 is 0. The molecule has 0 heterocycles. The first kappa shape index (κ1) is 15.5. The second-order valence-electron chi connectivity index (χ2n) is 4.64. The van der Waals surface area contributed by atoms with Crippen molar-refractivity contribution in [3.05, 3.63) is 12.3 Å². The van der Waals surface area contributed by atoms with Gasteiger partial charge in [0.1, 0.15) is 0 Å². The maximum absolute atomic E-state index is 3.28. The topological polar surface area (TPSA) is 12.0 Å². The van der Waals surface area contributed by atoms with Crippen molar-refractivity contribution in [3.63, 3.8) is 0 Å². The molecular weight excluding hydrogens is 194 g/mol. The van der Waals surface area contributed by atoms with Gasteiger partial charge in [-0.3, -0.25) is 0 Å². The Morgan fingerprint density at radius 3 is 1.75 bits per heavy atom. The number of rotatable bonds is 12. The second kappa shape index (κ2) is 14.5. The van der Waals surface area contributed by atoms with Crippen LogP contribution in [0.1, 0.15) is 78.1 Å². The van der Waals surface area contributed by atoms with Crippen molar-refractivity contribution in [1.29, 1.82) is 0 Å². The molecule has 0 saturated carbocycles. The number of unbranched alkanes of at least 4 members (excludes halogenated alkanes) is 9. The minimum Gasteiger partial charge on any atom is -0.391 e. The third kappa shape index (κ3) is 13.5. The highest BCUT2D eigenvalue weighted by molar-refractivity contribution is 4.73. The minimum atomic E-state index is 1.14. The largest absolute Gasteiger partial charge is 0.391 e. The van der Waals surface area contributed by atoms with Gasteiger partial charge in [0.15, 0.2) is 0 Å². The normalized spacial score (nSPS) is 11.1. The molecule has 0 amide bonds. The van der Waals surface area contributed by atoms with Gasteiger partial charge in [0, 0.05) is 6.54 Å². The Morgan fingerprint density at radius 1 is 0.750 bits per heavy atom. The van der Waals surface area contributed by atoms with Crippen LogP contribution in [0.25, 0.3) is 0 Å². The van der Waals surface area contributed by atoms with Gasteiger partial charge in [-0.15, -0.1) is 0 Å². The van der Waals surface area contributed by atoms with E-state index in [9.17, 15) is 0 Å². The van der Waals surface area contributed by atoms with Crippen molar-refractivity contribution < 1.29 is 0 Å². The third-order valence-corrected chi connectivity index (χ3v) is 2.96. The fraction of sp³-hybridized carbons (Fsp3) is 0.867. The third-order valence-electron chi connectivity index (χ3n) is 2.96. The van der Waals surface area contributed by atoms with Crippen molar-refractivity contribution in [2.45, 2.75) is 78.1 Å². The molecule has 0 atom stereocenters. The van der Waals surface area contributed by atoms with Crippen LogP contribution in [0.2, 0.25) is 0 Å². The molecule has 0 saturated heterocycles. The summed E-state index contributed by atoms with van der Waals surface area (Å²) in [6.45, 7) is 5.47. The fourth-order valence-electron chi connectivity index (χ4n) is 1.92. The number of allylic oxidation sites excluding steroid dienone is 1. The van der Waals surface area contributed by atoms with Crippen LogP contribution in [0.15, 0.2) is 12.3 Å². The molecule has 16 heavy (non-hydrogen) atoms. The van der Waals surface area contributed by atoms with Gasteiger partial charge in [0.05, 0.1) is 0 Å². The van der Waals surface area contributed by atoms with E-state index in [1.165, 1.54) is 64.2 Å². The molecule has 0 unspecified atom stereocenters. The number of nitrogens with one attached hydrogen (secondary N) is 1. The van der Waals surface area contributed by atoms with E-state index >= 15 is 0 Å². The quantitative estimate of drug-likeness (QED) is 0.459. The lowest BCUT2D eigenvalue weighted by atomic mass is 10.1. The van der Waals surface area contributed by atoms with Crippen LogP contribution in [0.3, 0.4) is 0 Å². The molecule has 0 rings (SSSR count). The van der Waals surface area contributed by atoms with Crippen molar-refractivity contribution in [3.8, 4) is 0 Å². The highest BCUT2D eigenvalue weighted by atomic mass is 14.8. The molecule has 1 N–H and O–H groups in total. The standard InChI is InChI=1S/C15H31N/c1-3-5-6-7-8-9-10-11-12-13-15-16-14-4-2/h4,14,16H,3,5-13,15H2,1-2H3/b14-4+. The molecule has 1 nitrogen and oxygen atoms in total. The first-order chi connectivity index (χ1) is 7.91. The molecule has 0 aromatic carbocycles. The molecule has 0 aromatic heterocycles. The van der Waals surface area contributed by atoms with Gasteiger partial charge in [0.2, 0.25) is 0 Å². The zero-order chi connectivity index (χ0) is 11.9. The minimum absolute atomic E-state index is 1.14. The summed E-state index contributed by atoms with van der Waals surface area (Å²) in [5.74, 6) is 0. The summed E-state index contributed by atoms with van der Waals surface area (Å²) in [5.41, 5.74) is 0. The highest BCUT2D eigenvalue weighted by Crippen LogP contribution is 2.10. The van der Waals surface area contributed by atoms with Gasteiger partial charge >= 0.3 is 0 Å². The summed E-state index contributed by atoms with van der Waals surface area (Å²) in [5, 5.41) is 3.28. The molecular formula is C15H31N. The van der Waals surface area contributed by atoms with Gasteiger partial charge in [-0.25, -0.2) is 0 Å². The maximum atomic E-state index is 3.28. The number of hydrogen-bond acceptors (Lipinski definition) is 1. The smallest absolute Gasteiger partial charge is 0.0141 e. The average molecular weight is 225 g/mol. The highest BCUT2D eigenvalue weighted by Gasteiger charge is 1.91. The Morgan fingerprint density at radius 2 is 1.25 bits per heavy atom. The average Bonchev–Trinajstić information content (AvgIpc) is 2.31. The van der Waals surface area contributed by atoms with E-state index < -0.39 is 0 Å². The molecule has 0 aromatic rings. The van der Waals surface area contributed by atoms with Crippen molar-refractivity contribution in [1.82, 2.24) is 5.32 Å². The molecule has 0 bridgehead atoms. The number of hydrogen-bond donors (Lipinski definition) is 1. The van der Waals surface area contributed by atoms with Crippen molar-refractivity contribution in [2.75, 3.05) is 6.54 Å². The zero-order valence-electron chi connectivity index (χ0n) is 11.4. The Labute approximate surface area is 103 Å². The van der Waals surface area contributed by atoms with Crippen LogP contribution in [0.4, 0.5) is 0 Å². The summed E-state index contributed by atoms with van der Waals surface area (Å²) in [6, 6.07) is 0. The Bertz CT molecular complexity index is 140.